The van der Waals surface area contributed by atoms with Gasteiger partial charge in [-0.3, -0.25) is 4.79 Å². The first-order chi connectivity index (χ1) is 8.63. The van der Waals surface area contributed by atoms with E-state index >= 15 is 0 Å². The van der Waals surface area contributed by atoms with Crippen molar-refractivity contribution in [1.82, 2.24) is 10.6 Å². The standard InChI is InChI=1S/C13H24N2O3/c1-2-3-4-5-8-14-13(18)15-11(9-12(16)17)10-6-7-10/h10-11H,2-9H2,1H3,(H,16,17)(H2,14,15,18). The van der Waals surface area contributed by atoms with Gasteiger partial charge in [-0.1, -0.05) is 26.2 Å². The highest BCUT2D eigenvalue weighted by atomic mass is 16.4. The summed E-state index contributed by atoms with van der Waals surface area (Å²) in [6, 6.07) is -0.442. The molecule has 0 aromatic heterocycles. The predicted molar refractivity (Wildman–Crippen MR) is 69.4 cm³/mol. The van der Waals surface area contributed by atoms with E-state index in [1.54, 1.807) is 0 Å². The van der Waals surface area contributed by atoms with E-state index in [2.05, 4.69) is 17.6 Å². The molecule has 1 atom stereocenters. The molecule has 0 spiro atoms. The van der Waals surface area contributed by atoms with Crippen LogP contribution >= 0.6 is 0 Å². The van der Waals surface area contributed by atoms with Crippen LogP contribution in [0.25, 0.3) is 0 Å². The molecule has 0 heterocycles. The normalized spacial score (nSPS) is 16.1. The number of carboxylic acid groups (broad SMARTS) is 1. The number of hydrogen-bond donors (Lipinski definition) is 3. The SMILES string of the molecule is CCCCCCNC(=O)NC(CC(=O)O)C1CC1. The predicted octanol–water partition coefficient (Wildman–Crippen LogP) is 2.12. The van der Waals surface area contributed by atoms with Crippen molar-refractivity contribution >= 4 is 12.0 Å². The third-order valence-corrected chi connectivity index (χ3v) is 3.22. The molecule has 0 aromatic rings. The summed E-state index contributed by atoms with van der Waals surface area (Å²) in [5.74, 6) is -0.498. The van der Waals surface area contributed by atoms with Crippen LogP contribution in [0, 0.1) is 5.92 Å². The number of aliphatic carboxylic acids is 1. The Balaban J connectivity index is 2.14. The van der Waals surface area contributed by atoms with Crippen molar-refractivity contribution in [1.29, 1.82) is 0 Å². The maximum Gasteiger partial charge on any atom is 0.315 e. The van der Waals surface area contributed by atoms with Gasteiger partial charge in [-0.25, -0.2) is 4.79 Å². The first-order valence-corrected chi connectivity index (χ1v) is 6.89. The molecule has 0 saturated heterocycles. The highest BCUT2D eigenvalue weighted by molar-refractivity contribution is 5.75. The molecule has 1 unspecified atom stereocenters. The summed E-state index contributed by atoms with van der Waals surface area (Å²) in [6.45, 7) is 2.81. The van der Waals surface area contributed by atoms with Gasteiger partial charge in [-0.15, -0.1) is 0 Å². The van der Waals surface area contributed by atoms with E-state index in [1.807, 2.05) is 0 Å². The fraction of sp³-hybridized carbons (Fsp3) is 0.846. The van der Waals surface area contributed by atoms with Crippen LogP contribution < -0.4 is 10.6 Å². The van der Waals surface area contributed by atoms with Crippen LogP contribution in [-0.4, -0.2) is 29.7 Å². The first kappa shape index (κ1) is 14.8. The number of carbonyl (C=O) groups is 2. The summed E-state index contributed by atoms with van der Waals surface area (Å²) in [7, 11) is 0. The number of carbonyl (C=O) groups excluding carboxylic acids is 1. The first-order valence-electron chi connectivity index (χ1n) is 6.89. The van der Waals surface area contributed by atoms with Crippen LogP contribution in [0.15, 0.2) is 0 Å². The molecule has 1 fully saturated rings. The zero-order chi connectivity index (χ0) is 13.4. The van der Waals surface area contributed by atoms with E-state index in [9.17, 15) is 9.59 Å². The molecule has 3 N–H and O–H groups in total. The lowest BCUT2D eigenvalue weighted by molar-refractivity contribution is -0.137. The number of rotatable bonds is 9. The second-order valence-electron chi connectivity index (χ2n) is 5.00. The molecular formula is C13H24N2O3. The highest BCUT2D eigenvalue weighted by Crippen LogP contribution is 2.33. The molecule has 0 bridgehead atoms. The molecule has 0 aromatic carbocycles. The lowest BCUT2D eigenvalue weighted by Gasteiger charge is -2.16. The van der Waals surface area contributed by atoms with Crippen molar-refractivity contribution in [2.45, 2.75) is 57.9 Å². The van der Waals surface area contributed by atoms with Gasteiger partial charge in [0.05, 0.1) is 6.42 Å². The van der Waals surface area contributed by atoms with E-state index < -0.39 is 5.97 Å². The molecule has 5 nitrogen and oxygen atoms in total. The molecule has 5 heteroatoms. The van der Waals surface area contributed by atoms with Crippen molar-refractivity contribution in [3.8, 4) is 0 Å². The maximum absolute atomic E-state index is 11.6. The fourth-order valence-corrected chi connectivity index (χ4v) is 2.00. The van der Waals surface area contributed by atoms with Crippen LogP contribution in [0.1, 0.15) is 51.9 Å². The van der Waals surface area contributed by atoms with Crippen LogP contribution in [0.3, 0.4) is 0 Å². The Kier molecular flexibility index (Phi) is 6.54. The van der Waals surface area contributed by atoms with Crippen LogP contribution in [0.4, 0.5) is 4.79 Å². The zero-order valence-electron chi connectivity index (χ0n) is 11.1. The largest absolute Gasteiger partial charge is 0.481 e. The second-order valence-corrected chi connectivity index (χ2v) is 5.00. The minimum Gasteiger partial charge on any atom is -0.481 e. The smallest absolute Gasteiger partial charge is 0.315 e. The molecule has 2 amide bonds. The van der Waals surface area contributed by atoms with Gasteiger partial charge in [0.1, 0.15) is 0 Å². The van der Waals surface area contributed by atoms with E-state index in [4.69, 9.17) is 5.11 Å². The van der Waals surface area contributed by atoms with Gasteiger partial charge in [0, 0.05) is 12.6 Å². The summed E-state index contributed by atoms with van der Waals surface area (Å²) in [4.78, 5) is 22.3. The van der Waals surface area contributed by atoms with Crippen molar-refractivity contribution in [3.63, 3.8) is 0 Å². The summed E-state index contributed by atoms with van der Waals surface area (Å²) >= 11 is 0. The Morgan fingerprint density at radius 3 is 2.56 bits per heavy atom. The van der Waals surface area contributed by atoms with Gasteiger partial charge in [-0.05, 0) is 25.2 Å². The molecule has 0 aliphatic heterocycles. The van der Waals surface area contributed by atoms with E-state index in [1.165, 1.54) is 12.8 Å². The van der Waals surface area contributed by atoms with Crippen molar-refractivity contribution in [2.24, 2.45) is 5.92 Å². The lowest BCUT2D eigenvalue weighted by Crippen LogP contribution is -2.44. The van der Waals surface area contributed by atoms with E-state index in [0.29, 0.717) is 12.5 Å². The summed E-state index contributed by atoms with van der Waals surface area (Å²) in [5, 5.41) is 14.3. The van der Waals surface area contributed by atoms with Gasteiger partial charge < -0.3 is 15.7 Å². The van der Waals surface area contributed by atoms with Crippen molar-refractivity contribution in [3.05, 3.63) is 0 Å². The minimum atomic E-state index is -0.852. The quantitative estimate of drug-likeness (QED) is 0.553. The Hall–Kier alpha value is -1.26. The average molecular weight is 256 g/mol. The average Bonchev–Trinajstić information content (AvgIpc) is 3.11. The number of unbranched alkanes of at least 4 members (excludes halogenated alkanes) is 3. The van der Waals surface area contributed by atoms with Crippen LogP contribution in [0.2, 0.25) is 0 Å². The molecule has 104 valence electrons. The number of nitrogens with one attached hydrogen (secondary N) is 2. The summed E-state index contributed by atoms with van der Waals surface area (Å²) in [5.41, 5.74) is 0. The Morgan fingerprint density at radius 2 is 2.00 bits per heavy atom. The summed E-state index contributed by atoms with van der Waals surface area (Å²) in [6.07, 6.45) is 6.53. The monoisotopic (exact) mass is 256 g/mol. The van der Waals surface area contributed by atoms with Gasteiger partial charge in [-0.2, -0.15) is 0 Å². The van der Waals surface area contributed by atoms with Crippen molar-refractivity contribution in [2.75, 3.05) is 6.54 Å². The van der Waals surface area contributed by atoms with E-state index in [0.717, 1.165) is 25.7 Å². The Labute approximate surface area is 108 Å². The molecule has 1 rings (SSSR count). The number of carboxylic acids is 1. The number of urea groups is 1. The third-order valence-electron chi connectivity index (χ3n) is 3.22. The Bertz CT molecular complexity index is 277. The number of hydrogen-bond acceptors (Lipinski definition) is 2. The highest BCUT2D eigenvalue weighted by Gasteiger charge is 2.33. The molecule has 1 aliphatic carbocycles. The second kappa shape index (κ2) is 7.95. The minimum absolute atomic E-state index is 0.0217. The third kappa shape index (κ3) is 6.47. The maximum atomic E-state index is 11.6. The molecular weight excluding hydrogens is 232 g/mol. The van der Waals surface area contributed by atoms with Gasteiger partial charge >= 0.3 is 12.0 Å². The molecule has 18 heavy (non-hydrogen) atoms. The zero-order valence-corrected chi connectivity index (χ0v) is 11.1. The number of amides is 2. The Morgan fingerprint density at radius 1 is 1.28 bits per heavy atom. The molecule has 1 aliphatic rings. The van der Waals surface area contributed by atoms with Crippen LogP contribution in [-0.2, 0) is 4.79 Å². The lowest BCUT2D eigenvalue weighted by atomic mass is 10.1. The van der Waals surface area contributed by atoms with E-state index in [-0.39, 0.29) is 18.5 Å². The topological polar surface area (TPSA) is 78.4 Å². The summed E-state index contributed by atoms with van der Waals surface area (Å²) < 4.78 is 0. The molecule has 0 radical (unpaired) electrons. The van der Waals surface area contributed by atoms with Gasteiger partial charge in [0.2, 0.25) is 0 Å². The van der Waals surface area contributed by atoms with Gasteiger partial charge in [0.15, 0.2) is 0 Å². The van der Waals surface area contributed by atoms with Gasteiger partial charge in [0.25, 0.3) is 0 Å². The van der Waals surface area contributed by atoms with Crippen molar-refractivity contribution < 1.29 is 14.7 Å². The molecule has 1 saturated carbocycles. The van der Waals surface area contributed by atoms with Crippen LogP contribution in [0.5, 0.6) is 0 Å². The fourth-order valence-electron chi connectivity index (χ4n) is 2.00.